The third-order valence-electron chi connectivity index (χ3n) is 6.83. The molecule has 0 bridgehead atoms. The average Bonchev–Trinajstić information content (AvgIpc) is 3.32. The topological polar surface area (TPSA) is 154 Å². The van der Waals surface area contributed by atoms with Gasteiger partial charge in [0, 0.05) is 17.5 Å². The Balaban J connectivity index is 1.25. The van der Waals surface area contributed by atoms with Crippen LogP contribution in [0, 0.1) is 19.7 Å². The first-order chi connectivity index (χ1) is 19.5. The maximum Gasteiger partial charge on any atom is 0.530 e. The number of fused-ring (bicyclic) bond motifs is 2. The van der Waals surface area contributed by atoms with Gasteiger partial charge in [-0.15, -0.1) is 0 Å². The molecular weight excluding hydrogens is 585 g/mol. The molecule has 0 radical (unpaired) electrons. The number of phosphoric ester groups is 2. The first-order valence-corrected chi connectivity index (χ1v) is 15.5. The van der Waals surface area contributed by atoms with Crippen molar-refractivity contribution in [1.82, 2.24) is 9.55 Å². The molecule has 3 aromatic rings. The maximum absolute atomic E-state index is 14.0. The van der Waals surface area contributed by atoms with E-state index < -0.39 is 57.8 Å². The van der Waals surface area contributed by atoms with Crippen molar-refractivity contribution in [1.29, 1.82) is 0 Å². The summed E-state index contributed by atoms with van der Waals surface area (Å²) in [5.74, 6) is -0.490. The van der Waals surface area contributed by atoms with Crippen LogP contribution in [0.1, 0.15) is 34.9 Å². The van der Waals surface area contributed by atoms with Crippen LogP contribution in [0.3, 0.4) is 0 Å². The zero-order chi connectivity index (χ0) is 28.9. The summed E-state index contributed by atoms with van der Waals surface area (Å²) in [6.45, 7) is 3.02. The van der Waals surface area contributed by atoms with Gasteiger partial charge in [-0.2, -0.15) is 4.39 Å². The number of aromatic nitrogens is 2. The van der Waals surface area contributed by atoms with E-state index in [1.807, 2.05) is 11.1 Å². The number of nitrogens with one attached hydrogen (secondary N) is 1. The van der Waals surface area contributed by atoms with Crippen molar-refractivity contribution in [3.05, 3.63) is 91.5 Å². The monoisotopic (exact) mass is 610 g/mol. The molecule has 1 fully saturated rings. The first-order valence-electron chi connectivity index (χ1n) is 12.6. The van der Waals surface area contributed by atoms with Gasteiger partial charge < -0.3 is 13.8 Å². The smallest absolute Gasteiger partial charge is 0.403 e. The number of hydrogen-bond acceptors (Lipinski definition) is 11. The molecule has 1 aromatic heterocycles. The van der Waals surface area contributed by atoms with Crippen LogP contribution < -0.4 is 20.3 Å². The van der Waals surface area contributed by atoms with Crippen molar-refractivity contribution in [2.45, 2.75) is 51.9 Å². The second-order valence-corrected chi connectivity index (χ2v) is 12.8. The summed E-state index contributed by atoms with van der Waals surface area (Å²) in [4.78, 5) is 25.8. The molecule has 16 heteroatoms. The van der Waals surface area contributed by atoms with Gasteiger partial charge >= 0.3 is 21.3 Å². The third-order valence-corrected chi connectivity index (χ3v) is 9.52. The minimum absolute atomic E-state index is 0.0238. The lowest BCUT2D eigenvalue weighted by atomic mass is 10.1. The second kappa shape index (κ2) is 10.6. The molecule has 0 spiro atoms. The van der Waals surface area contributed by atoms with Gasteiger partial charge in [0.05, 0.1) is 26.0 Å². The number of nitrogens with zero attached hydrogens (tertiary/aromatic N) is 1. The van der Waals surface area contributed by atoms with Crippen molar-refractivity contribution < 1.29 is 45.4 Å². The van der Waals surface area contributed by atoms with E-state index in [9.17, 15) is 23.1 Å². The van der Waals surface area contributed by atoms with Crippen LogP contribution in [0.2, 0.25) is 0 Å². The van der Waals surface area contributed by atoms with E-state index in [1.165, 1.54) is 0 Å². The second-order valence-electron chi connectivity index (χ2n) is 9.70. The first kappa shape index (κ1) is 28.0. The number of H-pyrrole nitrogens is 1. The van der Waals surface area contributed by atoms with Crippen molar-refractivity contribution in [2.75, 3.05) is 6.61 Å². The maximum atomic E-state index is 14.0. The lowest BCUT2D eigenvalue weighted by molar-refractivity contribution is -0.0478. The molecule has 2 unspecified atom stereocenters. The van der Waals surface area contributed by atoms with Gasteiger partial charge in [-0.25, -0.2) is 13.9 Å². The van der Waals surface area contributed by atoms with Gasteiger partial charge in [0.1, 0.15) is 29.9 Å². The highest BCUT2D eigenvalue weighted by Crippen LogP contribution is 2.59. The van der Waals surface area contributed by atoms with Crippen LogP contribution in [0.25, 0.3) is 0 Å². The van der Waals surface area contributed by atoms with Gasteiger partial charge in [-0.1, -0.05) is 36.4 Å². The number of aromatic amines is 1. The Morgan fingerprint density at radius 1 is 0.976 bits per heavy atom. The van der Waals surface area contributed by atoms with Gasteiger partial charge in [0.15, 0.2) is 0 Å². The van der Waals surface area contributed by atoms with E-state index in [2.05, 4.69) is 0 Å². The molecule has 1 N–H and O–H groups in total. The Labute approximate surface area is 232 Å². The summed E-state index contributed by atoms with van der Waals surface area (Å²) >= 11 is 0. The molecule has 13 nitrogen and oxygen atoms in total. The highest BCUT2D eigenvalue weighted by molar-refractivity contribution is 7.49. The van der Waals surface area contributed by atoms with Gasteiger partial charge in [0.25, 0.3) is 5.56 Å². The Bertz CT molecular complexity index is 1720. The number of para-hydroxylation sites is 2. The number of halogens is 1. The molecule has 0 saturated carbocycles. The molecule has 2 aromatic carbocycles. The lowest BCUT2D eigenvalue weighted by Gasteiger charge is -2.30. The fraction of sp³-hybridized carbons (Fsp3) is 0.360. The quantitative estimate of drug-likeness (QED) is 0.395. The fourth-order valence-corrected chi connectivity index (χ4v) is 7.53. The zero-order valence-electron chi connectivity index (χ0n) is 21.8. The van der Waals surface area contributed by atoms with Gasteiger partial charge in [0.2, 0.25) is 5.82 Å². The van der Waals surface area contributed by atoms with Crippen molar-refractivity contribution in [3.8, 4) is 11.5 Å². The summed E-state index contributed by atoms with van der Waals surface area (Å²) in [5.41, 5.74) is 0.675. The van der Waals surface area contributed by atoms with Crippen LogP contribution in [-0.2, 0) is 45.2 Å². The van der Waals surface area contributed by atoms with E-state index >= 15 is 0 Å². The van der Waals surface area contributed by atoms with Crippen molar-refractivity contribution >= 4 is 15.6 Å². The summed E-state index contributed by atoms with van der Waals surface area (Å²) in [5, 5.41) is 0. The van der Waals surface area contributed by atoms with Crippen LogP contribution in [0.4, 0.5) is 4.39 Å². The normalized spacial score (nSPS) is 28.8. The average molecular weight is 610 g/mol. The molecule has 5 atom stereocenters. The predicted octanol–water partition coefficient (Wildman–Crippen LogP) is 4.42. The van der Waals surface area contributed by atoms with Crippen LogP contribution in [-0.4, -0.2) is 28.4 Å². The number of phosphoric acid groups is 2. The Morgan fingerprint density at radius 3 is 2.24 bits per heavy atom. The van der Waals surface area contributed by atoms with E-state index in [1.54, 1.807) is 44.2 Å². The van der Waals surface area contributed by atoms with Crippen LogP contribution in [0.5, 0.6) is 11.5 Å². The summed E-state index contributed by atoms with van der Waals surface area (Å²) in [7, 11) is -8.34. The molecular formula is C25H25FN2O11P2. The van der Waals surface area contributed by atoms with E-state index in [0.29, 0.717) is 34.4 Å². The van der Waals surface area contributed by atoms with Crippen LogP contribution >= 0.6 is 15.6 Å². The SMILES string of the molecule is Cc1cccc2c1OP(=O)(OC[C@H]1O[C@@H](n3cc(F)c(=O)[nH]c3=O)C[C@@H]1OP1(=O)OCc3cccc(C)c3O1)OC2. The van der Waals surface area contributed by atoms with Gasteiger partial charge in [-0.05, 0) is 25.0 Å². The molecule has 0 aliphatic carbocycles. The Hall–Kier alpha value is -3.09. The van der Waals surface area contributed by atoms with E-state index in [4.69, 9.17) is 31.9 Å². The Morgan fingerprint density at radius 2 is 1.59 bits per heavy atom. The number of rotatable bonds is 6. The Kier molecular flexibility index (Phi) is 7.27. The number of ether oxygens (including phenoxy) is 1. The number of hydrogen-bond donors (Lipinski definition) is 1. The molecule has 4 heterocycles. The standard InChI is InChI=1S/C25H25FN2O11P2/c1-14-5-3-7-16-11-33-40(31,38-22(14)16)35-13-20-19(9-21(36-20)28-10-18(26)24(29)27-25(28)30)37-41(32)34-12-17-8-4-6-15(2)23(17)39-41/h3-8,10,19-21H,9,11-13H2,1-2H3,(H,27,29,30)/t19-,20+,21+,40?,41?/m0/s1. The molecule has 218 valence electrons. The van der Waals surface area contributed by atoms with Crippen LogP contribution in [0.15, 0.2) is 52.2 Å². The molecule has 0 amide bonds. The largest absolute Gasteiger partial charge is 0.530 e. The van der Waals surface area contributed by atoms with E-state index in [-0.39, 0.29) is 19.6 Å². The van der Waals surface area contributed by atoms with Gasteiger partial charge in [-0.3, -0.25) is 32.4 Å². The predicted molar refractivity (Wildman–Crippen MR) is 139 cm³/mol. The molecule has 41 heavy (non-hydrogen) atoms. The molecule has 1 saturated heterocycles. The minimum atomic E-state index is -4.22. The summed E-state index contributed by atoms with van der Waals surface area (Å²) in [6.07, 6.45) is -2.91. The summed E-state index contributed by atoms with van der Waals surface area (Å²) in [6, 6.07) is 10.7. The molecule has 6 rings (SSSR count). The highest BCUT2D eigenvalue weighted by atomic mass is 31.2. The fourth-order valence-electron chi connectivity index (χ4n) is 4.74. The highest BCUT2D eigenvalue weighted by Gasteiger charge is 2.47. The van der Waals surface area contributed by atoms with Crippen molar-refractivity contribution in [3.63, 3.8) is 0 Å². The summed E-state index contributed by atoms with van der Waals surface area (Å²) < 4.78 is 81.1. The molecule has 3 aliphatic heterocycles. The van der Waals surface area contributed by atoms with E-state index in [0.717, 1.165) is 10.1 Å². The zero-order valence-corrected chi connectivity index (χ0v) is 23.6. The number of aryl methyl sites for hydroxylation is 2. The minimum Gasteiger partial charge on any atom is -0.403 e. The van der Waals surface area contributed by atoms with Crippen molar-refractivity contribution in [2.24, 2.45) is 0 Å². The lowest BCUT2D eigenvalue weighted by Crippen LogP contribution is -2.34. The number of benzene rings is 2. The molecule has 3 aliphatic rings. The third kappa shape index (κ3) is 5.56.